The third kappa shape index (κ3) is 3.68. The van der Waals surface area contributed by atoms with Gasteiger partial charge in [0.2, 0.25) is 0 Å². The summed E-state index contributed by atoms with van der Waals surface area (Å²) in [6.45, 7) is 6.62. The Labute approximate surface area is 175 Å². The van der Waals surface area contributed by atoms with Crippen molar-refractivity contribution in [3.8, 4) is 0 Å². The van der Waals surface area contributed by atoms with Crippen LogP contribution in [0.3, 0.4) is 0 Å². The number of carbonyl (C=O) groups is 1. The fraction of sp³-hybridized carbons (Fsp3) is 0.400. The first kappa shape index (κ1) is 21.0. The fourth-order valence-corrected chi connectivity index (χ4v) is 3.73. The van der Waals surface area contributed by atoms with E-state index in [1.807, 2.05) is 9.80 Å². The van der Waals surface area contributed by atoms with E-state index in [0.29, 0.717) is 48.8 Å². The lowest BCUT2D eigenvalue weighted by Crippen LogP contribution is -2.47. The first-order valence-corrected chi connectivity index (χ1v) is 9.68. The molecule has 0 aliphatic carbocycles. The molecule has 0 radical (unpaired) electrons. The molecule has 4 rings (SSSR count). The molecule has 0 N–H and O–H groups in total. The number of aromatic nitrogens is 4. The lowest BCUT2D eigenvalue weighted by Gasteiger charge is -2.37. The second-order valence-corrected chi connectivity index (χ2v) is 7.53. The number of benzene rings is 1. The number of ketones is 1. The van der Waals surface area contributed by atoms with Crippen molar-refractivity contribution in [3.05, 3.63) is 46.5 Å². The van der Waals surface area contributed by atoms with Gasteiger partial charge in [-0.05, 0) is 39.0 Å². The predicted molar refractivity (Wildman–Crippen MR) is 106 cm³/mol. The second kappa shape index (κ2) is 7.47. The normalized spacial score (nSPS) is 15.1. The van der Waals surface area contributed by atoms with Crippen molar-refractivity contribution < 1.29 is 22.4 Å². The standard InChI is InChI=1S/C20H20F4N6O/c1-11-12(2)18(27-30-17(11)25-26-19(30)20(22,23)24)29-8-6-28(7-9-29)16-5-4-14(13(3)31)10-15(16)21/h4-5,10H,6-9H2,1-3H3. The molecule has 3 heterocycles. The summed E-state index contributed by atoms with van der Waals surface area (Å²) in [7, 11) is 0. The molecule has 31 heavy (non-hydrogen) atoms. The minimum atomic E-state index is -4.67. The van der Waals surface area contributed by atoms with E-state index in [2.05, 4.69) is 15.3 Å². The van der Waals surface area contributed by atoms with Gasteiger partial charge >= 0.3 is 6.18 Å². The van der Waals surface area contributed by atoms with Crippen LogP contribution in [0.25, 0.3) is 5.65 Å². The van der Waals surface area contributed by atoms with Crippen LogP contribution in [0.15, 0.2) is 18.2 Å². The van der Waals surface area contributed by atoms with E-state index in [0.717, 1.165) is 10.1 Å². The van der Waals surface area contributed by atoms with Crippen molar-refractivity contribution in [1.29, 1.82) is 0 Å². The summed E-state index contributed by atoms with van der Waals surface area (Å²) in [5, 5.41) is 11.1. The summed E-state index contributed by atoms with van der Waals surface area (Å²) in [6, 6.07) is 4.38. The van der Waals surface area contributed by atoms with Crippen LogP contribution in [0.5, 0.6) is 0 Å². The van der Waals surface area contributed by atoms with Gasteiger partial charge in [0.05, 0.1) is 5.69 Å². The number of nitrogens with zero attached hydrogens (tertiary/aromatic N) is 6. The molecule has 0 saturated carbocycles. The van der Waals surface area contributed by atoms with Crippen LogP contribution in [-0.2, 0) is 6.18 Å². The summed E-state index contributed by atoms with van der Waals surface area (Å²) < 4.78 is 55.0. The number of fused-ring (bicyclic) bond motifs is 1. The van der Waals surface area contributed by atoms with Crippen LogP contribution >= 0.6 is 0 Å². The molecule has 1 aliphatic heterocycles. The third-order valence-electron chi connectivity index (χ3n) is 5.60. The maximum Gasteiger partial charge on any atom is 0.453 e. The zero-order chi connectivity index (χ0) is 22.5. The molecule has 0 amide bonds. The molecule has 0 spiro atoms. The van der Waals surface area contributed by atoms with Crippen LogP contribution in [0.2, 0.25) is 0 Å². The second-order valence-electron chi connectivity index (χ2n) is 7.53. The highest BCUT2D eigenvalue weighted by Gasteiger charge is 2.38. The average Bonchev–Trinajstić information content (AvgIpc) is 3.15. The van der Waals surface area contributed by atoms with E-state index in [9.17, 15) is 22.4 Å². The third-order valence-corrected chi connectivity index (χ3v) is 5.60. The first-order valence-electron chi connectivity index (χ1n) is 9.68. The fourth-order valence-electron chi connectivity index (χ4n) is 3.73. The molecule has 7 nitrogen and oxygen atoms in total. The number of anilines is 2. The van der Waals surface area contributed by atoms with Crippen molar-refractivity contribution in [2.45, 2.75) is 26.9 Å². The van der Waals surface area contributed by atoms with Crippen LogP contribution in [0, 0.1) is 19.7 Å². The maximum atomic E-state index is 14.5. The van der Waals surface area contributed by atoms with E-state index in [-0.39, 0.29) is 11.4 Å². The van der Waals surface area contributed by atoms with Crippen molar-refractivity contribution in [2.24, 2.45) is 0 Å². The number of aryl methyl sites for hydroxylation is 1. The highest BCUT2D eigenvalue weighted by Crippen LogP contribution is 2.31. The quantitative estimate of drug-likeness (QED) is 0.463. The summed E-state index contributed by atoms with van der Waals surface area (Å²) >= 11 is 0. The van der Waals surface area contributed by atoms with Gasteiger partial charge in [-0.2, -0.15) is 17.7 Å². The van der Waals surface area contributed by atoms with Crippen LogP contribution < -0.4 is 9.80 Å². The molecule has 0 bridgehead atoms. The smallest absolute Gasteiger partial charge is 0.366 e. The highest BCUT2D eigenvalue weighted by molar-refractivity contribution is 5.94. The average molecular weight is 436 g/mol. The number of rotatable bonds is 3. The van der Waals surface area contributed by atoms with Gasteiger partial charge in [-0.15, -0.1) is 15.3 Å². The zero-order valence-corrected chi connectivity index (χ0v) is 17.2. The van der Waals surface area contributed by atoms with Crippen LogP contribution in [-0.4, -0.2) is 51.8 Å². The van der Waals surface area contributed by atoms with Crippen LogP contribution in [0.1, 0.15) is 34.2 Å². The molecule has 2 aromatic heterocycles. The van der Waals surface area contributed by atoms with E-state index in [4.69, 9.17) is 0 Å². The topological polar surface area (TPSA) is 66.6 Å². The number of piperazine rings is 1. The van der Waals surface area contributed by atoms with Crippen molar-refractivity contribution in [3.63, 3.8) is 0 Å². The Morgan fingerprint density at radius 1 is 1.00 bits per heavy atom. The Morgan fingerprint density at radius 3 is 2.23 bits per heavy atom. The van der Waals surface area contributed by atoms with Gasteiger partial charge in [-0.1, -0.05) is 0 Å². The number of carbonyl (C=O) groups excluding carboxylic acids is 1. The Morgan fingerprint density at radius 2 is 1.65 bits per heavy atom. The Hall–Kier alpha value is -3.24. The van der Waals surface area contributed by atoms with E-state index >= 15 is 0 Å². The minimum Gasteiger partial charge on any atom is -0.366 e. The molecule has 1 aliphatic rings. The van der Waals surface area contributed by atoms with Gasteiger partial charge in [0.1, 0.15) is 5.82 Å². The van der Waals surface area contributed by atoms with Crippen molar-refractivity contribution in [2.75, 3.05) is 36.0 Å². The Kier molecular flexibility index (Phi) is 5.06. The van der Waals surface area contributed by atoms with Crippen LogP contribution in [0.4, 0.5) is 29.1 Å². The molecule has 0 unspecified atom stereocenters. The molecular formula is C20H20F4N6O. The Balaban J connectivity index is 1.60. The summed E-state index contributed by atoms with van der Waals surface area (Å²) in [5.74, 6) is -1.44. The predicted octanol–water partition coefficient (Wildman–Crippen LogP) is 3.43. The number of hydrogen-bond donors (Lipinski definition) is 0. The van der Waals surface area contributed by atoms with Gasteiger partial charge in [-0.25, -0.2) is 4.39 Å². The molecule has 11 heteroatoms. The number of hydrogen-bond acceptors (Lipinski definition) is 6. The lowest BCUT2D eigenvalue weighted by molar-refractivity contribution is -0.146. The molecular weight excluding hydrogens is 416 g/mol. The molecule has 1 fully saturated rings. The van der Waals surface area contributed by atoms with Gasteiger partial charge in [0.15, 0.2) is 17.2 Å². The molecule has 0 atom stereocenters. The summed E-state index contributed by atoms with van der Waals surface area (Å²) in [5.41, 5.74) is 2.05. The molecule has 164 valence electrons. The largest absolute Gasteiger partial charge is 0.453 e. The zero-order valence-electron chi connectivity index (χ0n) is 17.2. The van der Waals surface area contributed by atoms with Gasteiger partial charge in [0, 0.05) is 42.9 Å². The number of alkyl halides is 3. The van der Waals surface area contributed by atoms with Gasteiger partial charge in [-0.3, -0.25) is 4.79 Å². The highest BCUT2D eigenvalue weighted by atomic mass is 19.4. The first-order chi connectivity index (χ1) is 14.6. The lowest BCUT2D eigenvalue weighted by atomic mass is 10.1. The van der Waals surface area contributed by atoms with Crippen molar-refractivity contribution in [1.82, 2.24) is 19.8 Å². The van der Waals surface area contributed by atoms with Gasteiger partial charge in [0.25, 0.3) is 5.82 Å². The monoisotopic (exact) mass is 436 g/mol. The SMILES string of the molecule is CC(=O)c1ccc(N2CCN(c3nn4c(C(F)(F)F)nnc4c(C)c3C)CC2)c(F)c1. The van der Waals surface area contributed by atoms with E-state index < -0.39 is 17.8 Å². The van der Waals surface area contributed by atoms with E-state index in [1.54, 1.807) is 26.0 Å². The maximum absolute atomic E-state index is 14.5. The number of halogens is 4. The summed E-state index contributed by atoms with van der Waals surface area (Å²) in [4.78, 5) is 15.1. The molecule has 3 aromatic rings. The van der Waals surface area contributed by atoms with Gasteiger partial charge < -0.3 is 9.80 Å². The minimum absolute atomic E-state index is 0.0693. The van der Waals surface area contributed by atoms with E-state index in [1.165, 1.54) is 13.0 Å². The molecule has 1 aromatic carbocycles. The summed E-state index contributed by atoms with van der Waals surface area (Å²) in [6.07, 6.45) is -4.67. The van der Waals surface area contributed by atoms with Crippen molar-refractivity contribution >= 4 is 22.9 Å². The number of Topliss-reactive ketones (excluding diaryl/α,β-unsaturated/α-hetero) is 1. The molecule has 1 saturated heterocycles. The Bertz CT molecular complexity index is 1160.